The van der Waals surface area contributed by atoms with Gasteiger partial charge in [-0.15, -0.1) is 0 Å². The van der Waals surface area contributed by atoms with E-state index in [1.807, 2.05) is 0 Å². The normalized spacial score (nSPS) is 11.4. The van der Waals surface area contributed by atoms with Crippen LogP contribution in [0.2, 0.25) is 5.02 Å². The van der Waals surface area contributed by atoms with Crippen molar-refractivity contribution in [1.82, 2.24) is 0 Å². The fourth-order valence-corrected chi connectivity index (χ4v) is 1.77. The van der Waals surface area contributed by atoms with Crippen LogP contribution in [0.4, 0.5) is 17.6 Å². The Bertz CT molecular complexity index is 593. The highest BCUT2D eigenvalue weighted by molar-refractivity contribution is 6.32. The van der Waals surface area contributed by atoms with Gasteiger partial charge in [0.15, 0.2) is 0 Å². The predicted octanol–water partition coefficient (Wildman–Crippen LogP) is 5.08. The number of ether oxygens (including phenoxy) is 1. The number of rotatable bonds is 3. The van der Waals surface area contributed by atoms with Crippen molar-refractivity contribution in [3.63, 3.8) is 0 Å². The van der Waals surface area contributed by atoms with Gasteiger partial charge in [-0.1, -0.05) is 23.7 Å². The summed E-state index contributed by atoms with van der Waals surface area (Å²) < 4.78 is 55.4. The fraction of sp³-hybridized carbons (Fsp3) is 0.143. The first-order chi connectivity index (χ1) is 9.36. The fourth-order valence-electron chi connectivity index (χ4n) is 1.54. The molecule has 0 spiro atoms. The molecule has 2 aromatic rings. The molecule has 20 heavy (non-hydrogen) atoms. The van der Waals surface area contributed by atoms with Crippen molar-refractivity contribution >= 4 is 11.6 Å². The van der Waals surface area contributed by atoms with Gasteiger partial charge < -0.3 is 4.74 Å². The van der Waals surface area contributed by atoms with Crippen LogP contribution in [0.1, 0.15) is 11.1 Å². The van der Waals surface area contributed by atoms with E-state index in [0.29, 0.717) is 5.56 Å². The summed E-state index contributed by atoms with van der Waals surface area (Å²) in [6.07, 6.45) is -4.45. The van der Waals surface area contributed by atoms with Crippen LogP contribution in [0.3, 0.4) is 0 Å². The maximum atomic E-state index is 12.7. The maximum absolute atomic E-state index is 12.7. The predicted molar refractivity (Wildman–Crippen MR) is 67.2 cm³/mol. The van der Waals surface area contributed by atoms with Gasteiger partial charge in [0.2, 0.25) is 0 Å². The molecule has 0 atom stereocenters. The molecule has 0 heterocycles. The lowest BCUT2D eigenvalue weighted by atomic mass is 10.2. The molecule has 0 bridgehead atoms. The molecule has 0 aliphatic carbocycles. The van der Waals surface area contributed by atoms with Gasteiger partial charge in [-0.25, -0.2) is 4.39 Å². The Balaban J connectivity index is 2.08. The molecule has 2 aromatic carbocycles. The first kappa shape index (κ1) is 14.7. The van der Waals surface area contributed by atoms with Gasteiger partial charge in [0.25, 0.3) is 0 Å². The van der Waals surface area contributed by atoms with Crippen molar-refractivity contribution in [2.45, 2.75) is 12.8 Å². The monoisotopic (exact) mass is 304 g/mol. The van der Waals surface area contributed by atoms with E-state index in [-0.39, 0.29) is 23.2 Å². The summed E-state index contributed by atoms with van der Waals surface area (Å²) in [5.41, 5.74) is -0.154. The zero-order chi connectivity index (χ0) is 14.8. The van der Waals surface area contributed by atoms with Crippen LogP contribution in [-0.4, -0.2) is 0 Å². The lowest BCUT2D eigenvalue weighted by molar-refractivity contribution is -0.137. The minimum absolute atomic E-state index is 0.0887. The molecule has 0 radical (unpaired) electrons. The molecule has 0 saturated heterocycles. The van der Waals surface area contributed by atoms with Crippen molar-refractivity contribution in [3.05, 3.63) is 64.4 Å². The van der Waals surface area contributed by atoms with E-state index < -0.39 is 11.7 Å². The van der Waals surface area contributed by atoms with Crippen LogP contribution >= 0.6 is 11.6 Å². The summed E-state index contributed by atoms with van der Waals surface area (Å²) in [4.78, 5) is 0. The minimum atomic E-state index is -4.45. The number of hydrogen-bond acceptors (Lipinski definition) is 1. The molecule has 0 saturated carbocycles. The highest BCUT2D eigenvalue weighted by Crippen LogP contribution is 2.34. The highest BCUT2D eigenvalue weighted by atomic mass is 35.5. The summed E-state index contributed by atoms with van der Waals surface area (Å²) in [6.45, 7) is 0.0887. The lowest BCUT2D eigenvalue weighted by Gasteiger charge is -2.11. The maximum Gasteiger partial charge on any atom is 0.416 e. The van der Waals surface area contributed by atoms with Gasteiger partial charge >= 0.3 is 6.18 Å². The van der Waals surface area contributed by atoms with Crippen LogP contribution in [0.15, 0.2) is 42.5 Å². The second kappa shape index (κ2) is 5.71. The van der Waals surface area contributed by atoms with Crippen molar-refractivity contribution in [2.75, 3.05) is 0 Å². The summed E-state index contributed by atoms with van der Waals surface area (Å²) in [5, 5.41) is -0.123. The quantitative estimate of drug-likeness (QED) is 0.719. The Kier molecular flexibility index (Phi) is 4.18. The van der Waals surface area contributed by atoms with E-state index in [0.717, 1.165) is 18.2 Å². The Morgan fingerprint density at radius 1 is 1.00 bits per heavy atom. The molecule has 0 N–H and O–H groups in total. The topological polar surface area (TPSA) is 9.23 Å². The largest absolute Gasteiger partial charge is 0.487 e. The van der Waals surface area contributed by atoms with Gasteiger partial charge in [0.1, 0.15) is 18.2 Å². The molecular formula is C14H9ClF4O. The first-order valence-electron chi connectivity index (χ1n) is 5.60. The van der Waals surface area contributed by atoms with Crippen LogP contribution in [0.25, 0.3) is 0 Å². The van der Waals surface area contributed by atoms with Gasteiger partial charge in [0, 0.05) is 0 Å². The molecule has 0 fully saturated rings. The Hall–Kier alpha value is -1.75. The molecule has 106 valence electrons. The summed E-state index contributed by atoms with van der Waals surface area (Å²) in [6, 6.07) is 8.45. The van der Waals surface area contributed by atoms with Crippen LogP contribution < -0.4 is 4.74 Å². The zero-order valence-corrected chi connectivity index (χ0v) is 10.8. The minimum Gasteiger partial charge on any atom is -0.487 e. The zero-order valence-electron chi connectivity index (χ0n) is 10.0. The number of alkyl halides is 3. The molecule has 0 amide bonds. The summed E-state index contributed by atoms with van der Waals surface area (Å²) in [7, 11) is 0. The van der Waals surface area contributed by atoms with Crippen LogP contribution in [-0.2, 0) is 12.8 Å². The van der Waals surface area contributed by atoms with Crippen molar-refractivity contribution in [1.29, 1.82) is 0 Å². The lowest BCUT2D eigenvalue weighted by Crippen LogP contribution is -2.05. The average Bonchev–Trinajstić information content (AvgIpc) is 2.38. The van der Waals surface area contributed by atoms with E-state index >= 15 is 0 Å². The van der Waals surface area contributed by atoms with Gasteiger partial charge in [-0.05, 0) is 35.9 Å². The highest BCUT2D eigenvalue weighted by Gasteiger charge is 2.31. The van der Waals surface area contributed by atoms with Crippen molar-refractivity contribution in [2.24, 2.45) is 0 Å². The number of benzene rings is 2. The SMILES string of the molecule is Fc1ccc(COc2ccc(C(F)(F)F)cc2Cl)cc1. The van der Waals surface area contributed by atoms with Crippen molar-refractivity contribution < 1.29 is 22.3 Å². The van der Waals surface area contributed by atoms with E-state index in [2.05, 4.69) is 0 Å². The molecule has 0 aliphatic heterocycles. The van der Waals surface area contributed by atoms with E-state index in [1.54, 1.807) is 0 Å². The van der Waals surface area contributed by atoms with Gasteiger partial charge in [0.05, 0.1) is 10.6 Å². The molecular weight excluding hydrogens is 296 g/mol. The summed E-state index contributed by atoms with van der Waals surface area (Å²) in [5.74, 6) is -0.231. The third-order valence-electron chi connectivity index (χ3n) is 2.57. The van der Waals surface area contributed by atoms with Gasteiger partial charge in [-0.2, -0.15) is 13.2 Å². The average molecular weight is 305 g/mol. The van der Waals surface area contributed by atoms with Crippen LogP contribution in [0, 0.1) is 5.82 Å². The molecule has 0 aromatic heterocycles. The van der Waals surface area contributed by atoms with E-state index in [9.17, 15) is 17.6 Å². The van der Waals surface area contributed by atoms with Crippen LogP contribution in [0.5, 0.6) is 5.75 Å². The third kappa shape index (κ3) is 3.63. The smallest absolute Gasteiger partial charge is 0.416 e. The first-order valence-corrected chi connectivity index (χ1v) is 5.98. The molecule has 0 aliphatic rings. The Morgan fingerprint density at radius 2 is 1.65 bits per heavy atom. The number of halogens is 5. The van der Waals surface area contributed by atoms with E-state index in [4.69, 9.17) is 16.3 Å². The van der Waals surface area contributed by atoms with Crippen molar-refractivity contribution in [3.8, 4) is 5.75 Å². The second-order valence-electron chi connectivity index (χ2n) is 4.06. The van der Waals surface area contributed by atoms with Gasteiger partial charge in [-0.3, -0.25) is 0 Å². The molecule has 0 unspecified atom stereocenters. The molecule has 1 nitrogen and oxygen atoms in total. The third-order valence-corrected chi connectivity index (χ3v) is 2.86. The molecule has 6 heteroatoms. The Labute approximate surface area is 117 Å². The number of hydrogen-bond donors (Lipinski definition) is 0. The second-order valence-corrected chi connectivity index (χ2v) is 4.47. The Morgan fingerprint density at radius 3 is 2.20 bits per heavy atom. The van der Waals surface area contributed by atoms with E-state index in [1.165, 1.54) is 24.3 Å². The standard InChI is InChI=1S/C14H9ClF4O/c15-12-7-10(14(17,18)19)3-6-13(12)20-8-9-1-4-11(16)5-2-9/h1-7H,8H2. The molecule has 2 rings (SSSR count). The summed E-state index contributed by atoms with van der Waals surface area (Å²) >= 11 is 5.74.